The fraction of sp³-hybridized carbons (Fsp3) is 0.409. The Morgan fingerprint density at radius 1 is 0.962 bits per heavy atom. The van der Waals surface area contributed by atoms with Gasteiger partial charge < -0.3 is 10.2 Å². The molecule has 1 aliphatic carbocycles. The van der Waals surface area contributed by atoms with E-state index in [1.165, 1.54) is 25.0 Å². The zero-order chi connectivity index (χ0) is 18.0. The van der Waals surface area contributed by atoms with E-state index in [1.807, 2.05) is 18.2 Å². The lowest BCUT2D eigenvalue weighted by Crippen LogP contribution is -2.38. The lowest BCUT2D eigenvalue weighted by atomic mass is 9.78. The van der Waals surface area contributed by atoms with Crippen LogP contribution in [0.25, 0.3) is 0 Å². The summed E-state index contributed by atoms with van der Waals surface area (Å²) < 4.78 is 13.8. The van der Waals surface area contributed by atoms with E-state index in [0.29, 0.717) is 0 Å². The van der Waals surface area contributed by atoms with Gasteiger partial charge in [0.25, 0.3) is 0 Å². The van der Waals surface area contributed by atoms with Crippen molar-refractivity contribution < 1.29 is 9.18 Å². The van der Waals surface area contributed by atoms with Crippen molar-refractivity contribution in [1.29, 1.82) is 0 Å². The molecule has 0 bridgehead atoms. The minimum atomic E-state index is -0.619. The van der Waals surface area contributed by atoms with Gasteiger partial charge in [0.05, 0.1) is 5.41 Å². The number of carbonyl (C=O) groups is 1. The van der Waals surface area contributed by atoms with Crippen molar-refractivity contribution in [2.24, 2.45) is 0 Å². The molecule has 0 aromatic heterocycles. The fourth-order valence-electron chi connectivity index (χ4n) is 4.42. The molecule has 2 fully saturated rings. The van der Waals surface area contributed by atoms with Crippen molar-refractivity contribution in [3.8, 4) is 0 Å². The Morgan fingerprint density at radius 2 is 1.69 bits per heavy atom. The Hall–Kier alpha value is -2.36. The van der Waals surface area contributed by atoms with Crippen LogP contribution in [0.15, 0.2) is 48.5 Å². The third-order valence-electron chi connectivity index (χ3n) is 5.84. The smallest absolute Gasteiger partial charge is 0.235 e. The predicted octanol–water partition coefficient (Wildman–Crippen LogP) is 4.88. The lowest BCUT2D eigenvalue weighted by Gasteiger charge is -2.28. The molecule has 0 atom stereocenters. The highest BCUT2D eigenvalue weighted by Crippen LogP contribution is 2.42. The van der Waals surface area contributed by atoms with E-state index in [2.05, 4.69) is 22.3 Å². The third-order valence-corrected chi connectivity index (χ3v) is 5.84. The maximum Gasteiger partial charge on any atom is 0.235 e. The van der Waals surface area contributed by atoms with Gasteiger partial charge in [-0.05, 0) is 61.6 Å². The number of anilines is 2. The summed E-state index contributed by atoms with van der Waals surface area (Å²) in [6, 6.07) is 14.6. The summed E-state index contributed by atoms with van der Waals surface area (Å²) in [6.45, 7) is 2.15. The van der Waals surface area contributed by atoms with Crippen LogP contribution in [0.3, 0.4) is 0 Å². The molecule has 0 radical (unpaired) electrons. The number of nitrogens with one attached hydrogen (secondary N) is 1. The third kappa shape index (κ3) is 3.20. The van der Waals surface area contributed by atoms with E-state index in [1.54, 1.807) is 6.07 Å². The van der Waals surface area contributed by atoms with Crippen molar-refractivity contribution in [3.63, 3.8) is 0 Å². The van der Waals surface area contributed by atoms with Crippen LogP contribution in [0.2, 0.25) is 0 Å². The molecular formula is C22H25FN2O. The van der Waals surface area contributed by atoms with E-state index in [9.17, 15) is 9.18 Å². The average Bonchev–Trinajstić information content (AvgIpc) is 3.35. The number of rotatable bonds is 4. The van der Waals surface area contributed by atoms with E-state index in [4.69, 9.17) is 0 Å². The normalized spacial score (nSPS) is 18.9. The molecule has 4 rings (SSSR count). The fourth-order valence-corrected chi connectivity index (χ4v) is 4.42. The van der Waals surface area contributed by atoms with Crippen molar-refractivity contribution in [3.05, 3.63) is 59.9 Å². The SMILES string of the molecule is O=C(Nc1cccc(N2CCCC2)c1)C1(c2cccc(F)c2)CCCC1. The second-order valence-corrected chi connectivity index (χ2v) is 7.50. The second-order valence-electron chi connectivity index (χ2n) is 7.50. The van der Waals surface area contributed by atoms with Gasteiger partial charge in [-0.1, -0.05) is 31.0 Å². The molecule has 1 amide bonds. The number of carbonyl (C=O) groups excluding carboxylic acids is 1. The van der Waals surface area contributed by atoms with Crippen molar-refractivity contribution >= 4 is 17.3 Å². The second kappa shape index (κ2) is 7.10. The van der Waals surface area contributed by atoms with Crippen LogP contribution in [0, 0.1) is 5.82 Å². The van der Waals surface area contributed by atoms with Gasteiger partial charge in [0.1, 0.15) is 5.82 Å². The Kier molecular flexibility index (Phi) is 4.66. The minimum absolute atomic E-state index is 0.0147. The molecule has 1 saturated carbocycles. The number of nitrogens with zero attached hydrogens (tertiary/aromatic N) is 1. The molecule has 1 N–H and O–H groups in total. The van der Waals surface area contributed by atoms with Crippen LogP contribution >= 0.6 is 0 Å². The molecule has 2 aromatic rings. The summed E-state index contributed by atoms with van der Waals surface area (Å²) >= 11 is 0. The number of hydrogen-bond acceptors (Lipinski definition) is 2. The van der Waals surface area contributed by atoms with Crippen LogP contribution in [0.4, 0.5) is 15.8 Å². The first kappa shape index (κ1) is 17.1. The van der Waals surface area contributed by atoms with Crippen LogP contribution in [-0.4, -0.2) is 19.0 Å². The summed E-state index contributed by atoms with van der Waals surface area (Å²) in [5.41, 5.74) is 2.16. The standard InChI is InChI=1S/C22H25FN2O/c23-18-8-5-7-17(15-18)22(11-1-2-12-22)21(26)24-19-9-6-10-20(16-19)25-13-3-4-14-25/h5-10,15-16H,1-4,11-14H2,(H,24,26). The zero-order valence-corrected chi connectivity index (χ0v) is 15.0. The molecule has 26 heavy (non-hydrogen) atoms. The Labute approximate surface area is 154 Å². The molecular weight excluding hydrogens is 327 g/mol. The van der Waals surface area contributed by atoms with Gasteiger partial charge in [0, 0.05) is 24.5 Å². The molecule has 3 nitrogen and oxygen atoms in total. The Balaban J connectivity index is 1.59. The van der Waals surface area contributed by atoms with Crippen molar-refractivity contribution in [1.82, 2.24) is 0 Å². The topological polar surface area (TPSA) is 32.3 Å². The van der Waals surface area contributed by atoms with Crippen LogP contribution < -0.4 is 10.2 Å². The quantitative estimate of drug-likeness (QED) is 0.851. The monoisotopic (exact) mass is 352 g/mol. The maximum absolute atomic E-state index is 13.8. The highest BCUT2D eigenvalue weighted by Gasteiger charge is 2.42. The Morgan fingerprint density at radius 3 is 2.42 bits per heavy atom. The van der Waals surface area contributed by atoms with Crippen molar-refractivity contribution in [2.45, 2.75) is 43.9 Å². The summed E-state index contributed by atoms with van der Waals surface area (Å²) in [5.74, 6) is -0.295. The predicted molar refractivity (Wildman–Crippen MR) is 103 cm³/mol. The first-order valence-electron chi connectivity index (χ1n) is 9.60. The molecule has 2 aromatic carbocycles. The minimum Gasteiger partial charge on any atom is -0.371 e. The molecule has 136 valence electrons. The molecule has 2 aliphatic rings. The summed E-state index contributed by atoms with van der Waals surface area (Å²) in [5, 5.41) is 3.12. The van der Waals surface area contributed by atoms with Crippen LogP contribution in [0.1, 0.15) is 44.1 Å². The lowest BCUT2D eigenvalue weighted by molar-refractivity contribution is -0.121. The van der Waals surface area contributed by atoms with E-state index >= 15 is 0 Å². The number of amides is 1. The van der Waals surface area contributed by atoms with E-state index in [0.717, 1.165) is 55.7 Å². The van der Waals surface area contributed by atoms with Gasteiger partial charge >= 0.3 is 0 Å². The largest absolute Gasteiger partial charge is 0.371 e. The highest BCUT2D eigenvalue weighted by molar-refractivity contribution is 5.99. The van der Waals surface area contributed by atoms with Crippen molar-refractivity contribution in [2.75, 3.05) is 23.3 Å². The molecule has 1 aliphatic heterocycles. The molecule has 4 heteroatoms. The average molecular weight is 352 g/mol. The molecule has 1 heterocycles. The number of halogens is 1. The summed E-state index contributed by atoms with van der Waals surface area (Å²) in [7, 11) is 0. The van der Waals surface area contributed by atoms with Gasteiger partial charge in [-0.15, -0.1) is 0 Å². The summed E-state index contributed by atoms with van der Waals surface area (Å²) in [4.78, 5) is 15.6. The number of hydrogen-bond donors (Lipinski definition) is 1. The first-order valence-corrected chi connectivity index (χ1v) is 9.60. The van der Waals surface area contributed by atoms with Crippen LogP contribution in [-0.2, 0) is 10.2 Å². The molecule has 0 spiro atoms. The van der Waals surface area contributed by atoms with Gasteiger partial charge in [-0.2, -0.15) is 0 Å². The summed E-state index contributed by atoms with van der Waals surface area (Å²) in [6.07, 6.45) is 5.98. The van der Waals surface area contributed by atoms with Gasteiger partial charge in [-0.25, -0.2) is 4.39 Å². The van der Waals surface area contributed by atoms with Gasteiger partial charge in [-0.3, -0.25) is 4.79 Å². The molecule has 1 saturated heterocycles. The maximum atomic E-state index is 13.8. The van der Waals surface area contributed by atoms with E-state index < -0.39 is 5.41 Å². The zero-order valence-electron chi connectivity index (χ0n) is 15.0. The molecule has 0 unspecified atom stereocenters. The van der Waals surface area contributed by atoms with E-state index in [-0.39, 0.29) is 11.7 Å². The Bertz CT molecular complexity index is 792. The van der Waals surface area contributed by atoms with Crippen LogP contribution in [0.5, 0.6) is 0 Å². The first-order chi connectivity index (χ1) is 12.7. The highest BCUT2D eigenvalue weighted by atomic mass is 19.1. The van der Waals surface area contributed by atoms with Gasteiger partial charge in [0.2, 0.25) is 5.91 Å². The van der Waals surface area contributed by atoms with Gasteiger partial charge in [0.15, 0.2) is 0 Å². The number of benzene rings is 2.